The summed E-state index contributed by atoms with van der Waals surface area (Å²) in [6.45, 7) is 4.20. The zero-order chi connectivity index (χ0) is 22.5. The predicted octanol–water partition coefficient (Wildman–Crippen LogP) is 4.80. The summed E-state index contributed by atoms with van der Waals surface area (Å²) < 4.78 is 0. The molecule has 0 radical (unpaired) electrons. The predicted molar refractivity (Wildman–Crippen MR) is 123 cm³/mol. The highest BCUT2D eigenvalue weighted by Crippen LogP contribution is 2.29. The lowest BCUT2D eigenvalue weighted by Gasteiger charge is -2.14. The Kier molecular flexibility index (Phi) is 7.57. The van der Waals surface area contributed by atoms with Gasteiger partial charge in [0.2, 0.25) is 5.91 Å². The average Bonchev–Trinajstić information content (AvgIpc) is 3.59. The third-order valence-corrected chi connectivity index (χ3v) is 5.81. The van der Waals surface area contributed by atoms with E-state index in [4.69, 9.17) is 23.2 Å². The van der Waals surface area contributed by atoms with Crippen LogP contribution in [0.2, 0.25) is 10.0 Å². The average molecular weight is 462 g/mol. The molecular weight excluding hydrogens is 437 g/mol. The van der Waals surface area contributed by atoms with Crippen LogP contribution in [0, 0.1) is 5.92 Å². The molecule has 1 aliphatic rings. The van der Waals surface area contributed by atoms with Gasteiger partial charge in [0.1, 0.15) is 0 Å². The minimum Gasteiger partial charge on any atom is -0.352 e. The van der Waals surface area contributed by atoms with Crippen LogP contribution in [0.5, 0.6) is 0 Å². The molecule has 3 amide bonds. The van der Waals surface area contributed by atoms with E-state index in [1.807, 2.05) is 13.8 Å². The molecule has 3 rings (SSSR count). The summed E-state index contributed by atoms with van der Waals surface area (Å²) in [4.78, 5) is 37.1. The number of amides is 3. The summed E-state index contributed by atoms with van der Waals surface area (Å²) in [7, 11) is 0. The van der Waals surface area contributed by atoms with Crippen molar-refractivity contribution in [1.29, 1.82) is 0 Å². The molecule has 31 heavy (non-hydrogen) atoms. The number of anilines is 1. The highest BCUT2D eigenvalue weighted by Gasteiger charge is 2.29. The second-order valence-corrected chi connectivity index (χ2v) is 8.55. The molecule has 164 valence electrons. The van der Waals surface area contributed by atoms with Crippen LogP contribution in [0.25, 0.3) is 0 Å². The molecule has 1 fully saturated rings. The summed E-state index contributed by atoms with van der Waals surface area (Å²) in [6.07, 6.45) is 2.65. The molecule has 0 aromatic heterocycles. The standard InChI is InChI=1S/C23H25Cl2N3O3/c1-3-13(2)27-22(30)18-11-16(7-9-20(18)25)28-23(31)17-10-14(4-8-19(17)24)12-26-21(29)15-5-6-15/h4,7-11,13,15H,3,5-6,12H2,1-2H3,(H,26,29)(H,27,30)(H,28,31). The normalized spacial score (nSPS) is 13.9. The molecule has 1 atom stereocenters. The van der Waals surface area contributed by atoms with Crippen LogP contribution in [-0.4, -0.2) is 23.8 Å². The third-order valence-electron chi connectivity index (χ3n) is 5.15. The SMILES string of the molecule is CCC(C)NC(=O)c1cc(NC(=O)c2cc(CNC(=O)C3CC3)ccc2Cl)ccc1Cl. The van der Waals surface area contributed by atoms with Crippen molar-refractivity contribution in [3.05, 3.63) is 63.1 Å². The van der Waals surface area contributed by atoms with Gasteiger partial charge in [-0.05, 0) is 62.1 Å². The van der Waals surface area contributed by atoms with E-state index < -0.39 is 5.91 Å². The lowest BCUT2D eigenvalue weighted by atomic mass is 10.1. The van der Waals surface area contributed by atoms with Crippen LogP contribution in [0.4, 0.5) is 5.69 Å². The number of hydrogen-bond acceptors (Lipinski definition) is 3. The van der Waals surface area contributed by atoms with Gasteiger partial charge in [-0.25, -0.2) is 0 Å². The molecule has 6 nitrogen and oxygen atoms in total. The van der Waals surface area contributed by atoms with Gasteiger partial charge in [-0.2, -0.15) is 0 Å². The first-order valence-electron chi connectivity index (χ1n) is 10.3. The van der Waals surface area contributed by atoms with Crippen LogP contribution in [0.1, 0.15) is 59.4 Å². The molecule has 0 saturated heterocycles. The fourth-order valence-corrected chi connectivity index (χ4v) is 3.32. The van der Waals surface area contributed by atoms with Gasteiger partial charge < -0.3 is 16.0 Å². The van der Waals surface area contributed by atoms with Crippen molar-refractivity contribution in [3.8, 4) is 0 Å². The molecule has 2 aromatic rings. The monoisotopic (exact) mass is 461 g/mol. The van der Waals surface area contributed by atoms with Crippen LogP contribution < -0.4 is 16.0 Å². The summed E-state index contributed by atoms with van der Waals surface area (Å²) in [5.74, 6) is -0.574. The second-order valence-electron chi connectivity index (χ2n) is 7.74. The Hall–Kier alpha value is -2.57. The molecular formula is C23H25Cl2N3O3. The molecule has 1 unspecified atom stereocenters. The van der Waals surface area contributed by atoms with Gasteiger partial charge in [0.25, 0.3) is 11.8 Å². The summed E-state index contributed by atoms with van der Waals surface area (Å²) in [5, 5.41) is 9.08. The number of rotatable bonds is 8. The molecule has 0 bridgehead atoms. The summed E-state index contributed by atoms with van der Waals surface area (Å²) in [5.41, 5.74) is 1.75. The fraction of sp³-hybridized carbons (Fsp3) is 0.348. The zero-order valence-corrected chi connectivity index (χ0v) is 18.9. The van der Waals surface area contributed by atoms with Gasteiger partial charge in [0, 0.05) is 24.2 Å². The van der Waals surface area contributed by atoms with Crippen molar-refractivity contribution >= 4 is 46.6 Å². The van der Waals surface area contributed by atoms with Gasteiger partial charge >= 0.3 is 0 Å². The molecule has 1 aliphatic carbocycles. The van der Waals surface area contributed by atoms with E-state index in [0.29, 0.717) is 22.3 Å². The van der Waals surface area contributed by atoms with E-state index >= 15 is 0 Å². The maximum Gasteiger partial charge on any atom is 0.257 e. The van der Waals surface area contributed by atoms with Crippen molar-refractivity contribution < 1.29 is 14.4 Å². The number of hydrogen-bond donors (Lipinski definition) is 3. The highest BCUT2D eigenvalue weighted by molar-refractivity contribution is 6.35. The second kappa shape index (κ2) is 10.2. The molecule has 0 aliphatic heterocycles. The van der Waals surface area contributed by atoms with Gasteiger partial charge in [-0.15, -0.1) is 0 Å². The molecule has 0 spiro atoms. The fourth-order valence-electron chi connectivity index (χ4n) is 2.91. The smallest absolute Gasteiger partial charge is 0.257 e. The topological polar surface area (TPSA) is 87.3 Å². The third kappa shape index (κ3) is 6.21. The molecule has 2 aromatic carbocycles. The highest BCUT2D eigenvalue weighted by atomic mass is 35.5. The maximum atomic E-state index is 12.8. The largest absolute Gasteiger partial charge is 0.352 e. The van der Waals surface area contributed by atoms with Gasteiger partial charge in [0.05, 0.1) is 21.2 Å². The van der Waals surface area contributed by atoms with Gasteiger partial charge in [-0.1, -0.05) is 36.2 Å². The number of carbonyl (C=O) groups excluding carboxylic acids is 3. The van der Waals surface area contributed by atoms with Crippen molar-refractivity contribution in [2.24, 2.45) is 5.92 Å². The first kappa shape index (κ1) is 23.1. The maximum absolute atomic E-state index is 12.8. The zero-order valence-electron chi connectivity index (χ0n) is 17.4. The Bertz CT molecular complexity index is 1010. The lowest BCUT2D eigenvalue weighted by Crippen LogP contribution is -2.32. The quantitative estimate of drug-likeness (QED) is 0.527. The van der Waals surface area contributed by atoms with Crippen molar-refractivity contribution in [3.63, 3.8) is 0 Å². The number of halogens is 2. The minimum absolute atomic E-state index is 0.00349. The Balaban J connectivity index is 1.71. The first-order valence-corrected chi connectivity index (χ1v) is 11.0. The van der Waals surface area contributed by atoms with Crippen LogP contribution in [-0.2, 0) is 11.3 Å². The van der Waals surface area contributed by atoms with E-state index in [2.05, 4.69) is 16.0 Å². The van der Waals surface area contributed by atoms with Crippen molar-refractivity contribution in [1.82, 2.24) is 10.6 Å². The van der Waals surface area contributed by atoms with E-state index in [0.717, 1.165) is 24.8 Å². The Morgan fingerprint density at radius 3 is 2.29 bits per heavy atom. The van der Waals surface area contributed by atoms with Gasteiger partial charge in [0.15, 0.2) is 0 Å². The van der Waals surface area contributed by atoms with E-state index in [1.165, 1.54) is 6.07 Å². The molecule has 1 saturated carbocycles. The Labute approximate surface area is 191 Å². The molecule has 3 N–H and O–H groups in total. The Morgan fingerprint density at radius 2 is 1.65 bits per heavy atom. The number of benzene rings is 2. The van der Waals surface area contributed by atoms with E-state index in [-0.39, 0.29) is 34.9 Å². The van der Waals surface area contributed by atoms with Gasteiger partial charge in [-0.3, -0.25) is 14.4 Å². The van der Waals surface area contributed by atoms with Crippen molar-refractivity contribution in [2.45, 2.75) is 45.7 Å². The minimum atomic E-state index is -0.420. The van der Waals surface area contributed by atoms with E-state index in [1.54, 1.807) is 30.3 Å². The summed E-state index contributed by atoms with van der Waals surface area (Å²) in [6, 6.07) is 9.77. The first-order chi connectivity index (χ1) is 14.8. The van der Waals surface area contributed by atoms with Crippen LogP contribution >= 0.6 is 23.2 Å². The van der Waals surface area contributed by atoms with Crippen LogP contribution in [0.3, 0.4) is 0 Å². The molecule has 0 heterocycles. The Morgan fingerprint density at radius 1 is 1.00 bits per heavy atom. The molecule has 8 heteroatoms. The number of nitrogens with one attached hydrogen (secondary N) is 3. The lowest BCUT2D eigenvalue weighted by molar-refractivity contribution is -0.122. The van der Waals surface area contributed by atoms with Crippen LogP contribution in [0.15, 0.2) is 36.4 Å². The number of carbonyl (C=O) groups is 3. The summed E-state index contributed by atoms with van der Waals surface area (Å²) >= 11 is 12.4. The van der Waals surface area contributed by atoms with E-state index in [9.17, 15) is 14.4 Å². The van der Waals surface area contributed by atoms with Crippen molar-refractivity contribution in [2.75, 3.05) is 5.32 Å².